The van der Waals surface area contributed by atoms with E-state index in [9.17, 15) is 0 Å². The molecule has 0 radical (unpaired) electrons. The van der Waals surface area contributed by atoms with Gasteiger partial charge in [0.1, 0.15) is 23.0 Å². The minimum atomic E-state index is 0.330. The van der Waals surface area contributed by atoms with Crippen LogP contribution in [0, 0.1) is 0 Å². The zero-order chi connectivity index (χ0) is 16.9. The van der Waals surface area contributed by atoms with Crippen LogP contribution in [0.2, 0.25) is 0 Å². The van der Waals surface area contributed by atoms with Crippen LogP contribution in [-0.4, -0.2) is 30.8 Å². The minimum Gasteiger partial charge on any atom is -0.497 e. The van der Waals surface area contributed by atoms with Crippen LogP contribution >= 0.6 is 0 Å². The van der Waals surface area contributed by atoms with Gasteiger partial charge in [0, 0.05) is 25.1 Å². The monoisotopic (exact) mass is 330 g/mol. The molecule has 0 unspecified atom stereocenters. The van der Waals surface area contributed by atoms with E-state index < -0.39 is 0 Å². The van der Waals surface area contributed by atoms with E-state index in [0.717, 1.165) is 55.3 Å². The predicted octanol–water partition coefficient (Wildman–Crippen LogP) is 3.98. The van der Waals surface area contributed by atoms with Gasteiger partial charge in [0.15, 0.2) is 0 Å². The molecule has 1 aromatic carbocycles. The molecule has 3 rings (SSSR count). The number of likely N-dealkylation sites (tertiary alicyclic amines) is 1. The maximum atomic E-state index is 5.47. The van der Waals surface area contributed by atoms with Gasteiger partial charge in [0.25, 0.3) is 0 Å². The lowest BCUT2D eigenvalue weighted by atomic mass is 10.1. The summed E-state index contributed by atoms with van der Waals surface area (Å²) in [5.74, 6) is 2.64. The number of aromatic nitrogens is 1. The zero-order valence-electron chi connectivity index (χ0n) is 14.7. The SMILES string of the molecule is CCCc1cc([C@@H]2CCCN2Cc2cc(OC)cc(OC)c2)no1. The fourth-order valence-corrected chi connectivity index (χ4v) is 3.39. The van der Waals surface area contributed by atoms with Crippen molar-refractivity contribution in [3.63, 3.8) is 0 Å². The molecule has 24 heavy (non-hydrogen) atoms. The molecule has 0 spiro atoms. The van der Waals surface area contributed by atoms with E-state index in [-0.39, 0.29) is 0 Å². The van der Waals surface area contributed by atoms with Gasteiger partial charge in [-0.1, -0.05) is 12.1 Å². The summed E-state index contributed by atoms with van der Waals surface area (Å²) >= 11 is 0. The van der Waals surface area contributed by atoms with Crippen LogP contribution < -0.4 is 9.47 Å². The van der Waals surface area contributed by atoms with Crippen molar-refractivity contribution in [2.24, 2.45) is 0 Å². The first kappa shape index (κ1) is 16.8. The average molecular weight is 330 g/mol. The second-order valence-corrected chi connectivity index (χ2v) is 6.32. The molecule has 2 aromatic rings. The molecule has 1 atom stereocenters. The Bertz CT molecular complexity index is 646. The van der Waals surface area contributed by atoms with Gasteiger partial charge in [-0.15, -0.1) is 0 Å². The Morgan fingerprint density at radius 3 is 2.58 bits per heavy atom. The third-order valence-electron chi connectivity index (χ3n) is 4.58. The van der Waals surface area contributed by atoms with Crippen LogP contribution in [0.25, 0.3) is 0 Å². The molecule has 1 aliphatic rings. The van der Waals surface area contributed by atoms with Gasteiger partial charge in [0.2, 0.25) is 0 Å². The lowest BCUT2D eigenvalue weighted by Crippen LogP contribution is -2.23. The summed E-state index contributed by atoms with van der Waals surface area (Å²) in [5.41, 5.74) is 2.25. The first-order chi connectivity index (χ1) is 11.7. The molecule has 0 saturated carbocycles. The van der Waals surface area contributed by atoms with Gasteiger partial charge in [-0.25, -0.2) is 0 Å². The summed E-state index contributed by atoms with van der Waals surface area (Å²) in [4.78, 5) is 2.46. The molecule has 5 nitrogen and oxygen atoms in total. The quantitative estimate of drug-likeness (QED) is 0.768. The molecular formula is C19H26N2O3. The van der Waals surface area contributed by atoms with E-state index in [0.29, 0.717) is 6.04 Å². The normalized spacial score (nSPS) is 18.0. The molecule has 130 valence electrons. The first-order valence-electron chi connectivity index (χ1n) is 8.65. The number of hydrogen-bond acceptors (Lipinski definition) is 5. The number of rotatable bonds is 7. The number of ether oxygens (including phenoxy) is 2. The van der Waals surface area contributed by atoms with Gasteiger partial charge < -0.3 is 14.0 Å². The van der Waals surface area contributed by atoms with E-state index in [1.165, 1.54) is 12.0 Å². The number of hydrogen-bond donors (Lipinski definition) is 0. The highest BCUT2D eigenvalue weighted by molar-refractivity contribution is 5.38. The van der Waals surface area contributed by atoms with Crippen molar-refractivity contribution >= 4 is 0 Å². The summed E-state index contributed by atoms with van der Waals surface area (Å²) < 4.78 is 16.2. The van der Waals surface area contributed by atoms with Crippen LogP contribution in [-0.2, 0) is 13.0 Å². The molecule has 1 fully saturated rings. The zero-order valence-corrected chi connectivity index (χ0v) is 14.7. The summed E-state index contributed by atoms with van der Waals surface area (Å²) in [6.45, 7) is 4.08. The van der Waals surface area contributed by atoms with E-state index in [1.54, 1.807) is 14.2 Å². The van der Waals surface area contributed by atoms with Crippen molar-refractivity contribution in [2.75, 3.05) is 20.8 Å². The van der Waals surface area contributed by atoms with Gasteiger partial charge >= 0.3 is 0 Å². The molecule has 0 aliphatic carbocycles. The smallest absolute Gasteiger partial charge is 0.137 e. The Labute approximate surface area is 143 Å². The fourth-order valence-electron chi connectivity index (χ4n) is 3.39. The van der Waals surface area contributed by atoms with Crippen LogP contribution in [0.1, 0.15) is 49.2 Å². The fraction of sp³-hybridized carbons (Fsp3) is 0.526. The number of methoxy groups -OCH3 is 2. The highest BCUT2D eigenvalue weighted by atomic mass is 16.5. The molecule has 2 heterocycles. The van der Waals surface area contributed by atoms with E-state index in [1.807, 2.05) is 6.07 Å². The molecular weight excluding hydrogens is 304 g/mol. The summed E-state index contributed by atoms with van der Waals surface area (Å²) in [5, 5.41) is 4.31. The van der Waals surface area contributed by atoms with E-state index >= 15 is 0 Å². The van der Waals surface area contributed by atoms with Crippen LogP contribution in [0.3, 0.4) is 0 Å². The maximum Gasteiger partial charge on any atom is 0.137 e. The third-order valence-corrected chi connectivity index (χ3v) is 4.58. The third kappa shape index (κ3) is 3.73. The number of nitrogens with zero attached hydrogens (tertiary/aromatic N) is 2. The highest BCUT2D eigenvalue weighted by Gasteiger charge is 2.28. The Morgan fingerprint density at radius 1 is 1.17 bits per heavy atom. The molecule has 1 saturated heterocycles. The van der Waals surface area contributed by atoms with Gasteiger partial charge in [-0.2, -0.15) is 0 Å². The van der Waals surface area contributed by atoms with Crippen molar-refractivity contribution in [2.45, 2.75) is 45.2 Å². The number of aryl methyl sites for hydroxylation is 1. The molecule has 0 bridgehead atoms. The average Bonchev–Trinajstić information content (AvgIpc) is 3.24. The number of benzene rings is 1. The molecule has 0 amide bonds. The molecule has 5 heteroatoms. The van der Waals surface area contributed by atoms with E-state index in [4.69, 9.17) is 14.0 Å². The van der Waals surface area contributed by atoms with Crippen LogP contribution in [0.15, 0.2) is 28.8 Å². The van der Waals surface area contributed by atoms with Gasteiger partial charge in [0.05, 0.1) is 20.3 Å². The van der Waals surface area contributed by atoms with Crippen molar-refractivity contribution in [3.05, 3.63) is 41.3 Å². The lowest BCUT2D eigenvalue weighted by molar-refractivity contribution is 0.235. The van der Waals surface area contributed by atoms with Crippen molar-refractivity contribution in [3.8, 4) is 11.5 Å². The largest absolute Gasteiger partial charge is 0.497 e. The van der Waals surface area contributed by atoms with Crippen molar-refractivity contribution in [1.82, 2.24) is 10.1 Å². The maximum absolute atomic E-state index is 5.47. The second kappa shape index (κ2) is 7.71. The minimum absolute atomic E-state index is 0.330. The van der Waals surface area contributed by atoms with Gasteiger partial charge in [-0.3, -0.25) is 4.90 Å². The Balaban J connectivity index is 1.76. The molecule has 1 aliphatic heterocycles. The lowest BCUT2D eigenvalue weighted by Gasteiger charge is -2.23. The highest BCUT2D eigenvalue weighted by Crippen LogP contribution is 2.34. The predicted molar refractivity (Wildman–Crippen MR) is 92.4 cm³/mol. The molecule has 0 N–H and O–H groups in total. The Kier molecular flexibility index (Phi) is 5.41. The summed E-state index contributed by atoms with van der Waals surface area (Å²) in [6.07, 6.45) is 4.33. The Morgan fingerprint density at radius 2 is 1.92 bits per heavy atom. The summed E-state index contributed by atoms with van der Waals surface area (Å²) in [6, 6.07) is 8.50. The van der Waals surface area contributed by atoms with E-state index in [2.05, 4.69) is 35.2 Å². The standard InChI is InChI=1S/C19H26N2O3/c1-4-6-15-12-18(20-24-15)19-7-5-8-21(19)13-14-9-16(22-2)11-17(10-14)23-3/h9-12,19H,4-8,13H2,1-3H3/t19-/m0/s1. The van der Waals surface area contributed by atoms with Crippen molar-refractivity contribution in [1.29, 1.82) is 0 Å². The topological polar surface area (TPSA) is 47.7 Å². The molecule has 1 aromatic heterocycles. The Hall–Kier alpha value is -2.01. The second-order valence-electron chi connectivity index (χ2n) is 6.32. The van der Waals surface area contributed by atoms with Crippen LogP contribution in [0.5, 0.6) is 11.5 Å². The summed E-state index contributed by atoms with van der Waals surface area (Å²) in [7, 11) is 3.36. The van der Waals surface area contributed by atoms with Gasteiger partial charge in [-0.05, 0) is 43.5 Å². The van der Waals surface area contributed by atoms with Crippen LogP contribution in [0.4, 0.5) is 0 Å². The van der Waals surface area contributed by atoms with Crippen molar-refractivity contribution < 1.29 is 14.0 Å². The first-order valence-corrected chi connectivity index (χ1v) is 8.65.